The van der Waals surface area contributed by atoms with Gasteiger partial charge in [0.2, 0.25) is 5.95 Å². The zero-order chi connectivity index (χ0) is 17.2. The Morgan fingerprint density at radius 2 is 2.08 bits per heavy atom. The first-order valence-corrected chi connectivity index (χ1v) is 8.44. The lowest BCUT2D eigenvalue weighted by Crippen LogP contribution is -2.27. The van der Waals surface area contributed by atoms with Gasteiger partial charge >= 0.3 is 0 Å². The van der Waals surface area contributed by atoms with Gasteiger partial charge in [-0.05, 0) is 17.9 Å². The van der Waals surface area contributed by atoms with Crippen LogP contribution in [0.4, 0.5) is 16.2 Å². The Kier molecular flexibility index (Phi) is 4.19. The summed E-state index contributed by atoms with van der Waals surface area (Å²) < 4.78 is 14.6. The molecule has 1 aromatic heterocycles. The number of anilines is 2. The van der Waals surface area contributed by atoms with E-state index in [0.717, 1.165) is 30.7 Å². The zero-order valence-electron chi connectivity index (χ0n) is 13.8. The molecule has 4 rings (SSSR count). The topological polar surface area (TPSA) is 67.1 Å². The number of hydrogen-bond donors (Lipinski definition) is 2. The number of rotatable bonds is 4. The van der Waals surface area contributed by atoms with Crippen molar-refractivity contribution in [2.45, 2.75) is 19.0 Å². The quantitative estimate of drug-likeness (QED) is 0.766. The summed E-state index contributed by atoms with van der Waals surface area (Å²) in [5.74, 6) is 1.14. The highest BCUT2D eigenvalue weighted by atomic mass is 19.1. The number of fused-ring (bicyclic) bond motifs is 1. The molecule has 3 aromatic rings. The van der Waals surface area contributed by atoms with Gasteiger partial charge in [-0.15, -0.1) is 0 Å². The van der Waals surface area contributed by atoms with Crippen LogP contribution in [0.1, 0.15) is 12.0 Å². The standard InChI is InChI=1S/C19H20FN5/c20-18-14(6-5-13-3-1-2-4-16(13)18)11-23-19-22-9-7-17(24-19)25-10-8-15(21)12-25/h1-7,9,15H,8,10-12,21H2,(H,22,23,24). The van der Waals surface area contributed by atoms with Gasteiger partial charge in [0.15, 0.2) is 0 Å². The number of nitrogens with two attached hydrogens (primary N) is 1. The molecule has 1 saturated heterocycles. The molecule has 25 heavy (non-hydrogen) atoms. The van der Waals surface area contributed by atoms with Crippen LogP contribution >= 0.6 is 0 Å². The molecule has 3 N–H and O–H groups in total. The lowest BCUT2D eigenvalue weighted by atomic mass is 10.1. The van der Waals surface area contributed by atoms with E-state index in [4.69, 9.17) is 5.73 Å². The number of benzene rings is 2. The first kappa shape index (κ1) is 15.8. The fourth-order valence-corrected chi connectivity index (χ4v) is 3.20. The molecule has 128 valence electrons. The lowest BCUT2D eigenvalue weighted by molar-refractivity contribution is 0.625. The average molecular weight is 337 g/mol. The van der Waals surface area contributed by atoms with Crippen molar-refractivity contribution >= 4 is 22.5 Å². The van der Waals surface area contributed by atoms with Crippen molar-refractivity contribution in [1.29, 1.82) is 0 Å². The van der Waals surface area contributed by atoms with Crippen LogP contribution in [0, 0.1) is 5.82 Å². The minimum atomic E-state index is -0.202. The summed E-state index contributed by atoms with van der Waals surface area (Å²) >= 11 is 0. The molecule has 2 aromatic carbocycles. The maximum absolute atomic E-state index is 14.6. The second kappa shape index (κ2) is 6.64. The minimum Gasteiger partial charge on any atom is -0.355 e. The van der Waals surface area contributed by atoms with Crippen molar-refractivity contribution in [3.05, 3.63) is 60.0 Å². The minimum absolute atomic E-state index is 0.193. The first-order valence-electron chi connectivity index (χ1n) is 8.44. The third-order valence-corrected chi connectivity index (χ3v) is 4.57. The van der Waals surface area contributed by atoms with Crippen LogP contribution in [-0.4, -0.2) is 29.1 Å². The maximum Gasteiger partial charge on any atom is 0.224 e. The van der Waals surface area contributed by atoms with Gasteiger partial charge in [-0.2, -0.15) is 4.98 Å². The van der Waals surface area contributed by atoms with Gasteiger partial charge in [0.05, 0.1) is 0 Å². The number of nitrogens with zero attached hydrogens (tertiary/aromatic N) is 3. The predicted octanol–water partition coefficient (Wildman–Crippen LogP) is 2.92. The number of aromatic nitrogens is 2. The van der Waals surface area contributed by atoms with Gasteiger partial charge in [-0.25, -0.2) is 9.37 Å². The molecule has 0 amide bonds. The predicted molar refractivity (Wildman–Crippen MR) is 98.1 cm³/mol. The van der Waals surface area contributed by atoms with Crippen LogP contribution in [0.3, 0.4) is 0 Å². The molecule has 0 bridgehead atoms. The largest absolute Gasteiger partial charge is 0.355 e. The Labute approximate surface area is 145 Å². The molecule has 6 heteroatoms. The summed E-state index contributed by atoms with van der Waals surface area (Å²) in [5.41, 5.74) is 6.55. The van der Waals surface area contributed by atoms with E-state index in [2.05, 4.69) is 20.2 Å². The second-order valence-corrected chi connectivity index (χ2v) is 6.35. The van der Waals surface area contributed by atoms with Gasteiger partial charge in [0, 0.05) is 42.8 Å². The van der Waals surface area contributed by atoms with E-state index in [1.54, 1.807) is 18.3 Å². The summed E-state index contributed by atoms with van der Waals surface area (Å²) in [4.78, 5) is 10.9. The zero-order valence-corrected chi connectivity index (χ0v) is 13.8. The van der Waals surface area contributed by atoms with E-state index < -0.39 is 0 Å². The fourth-order valence-electron chi connectivity index (χ4n) is 3.20. The number of nitrogens with one attached hydrogen (secondary N) is 1. The molecular formula is C19H20FN5. The average Bonchev–Trinajstić information content (AvgIpc) is 3.08. The van der Waals surface area contributed by atoms with E-state index in [9.17, 15) is 4.39 Å². The number of halogens is 1. The molecule has 1 aliphatic heterocycles. The van der Waals surface area contributed by atoms with E-state index in [-0.39, 0.29) is 11.9 Å². The smallest absolute Gasteiger partial charge is 0.224 e. The van der Waals surface area contributed by atoms with E-state index in [0.29, 0.717) is 23.4 Å². The van der Waals surface area contributed by atoms with Crippen molar-refractivity contribution in [2.24, 2.45) is 5.73 Å². The molecule has 1 atom stereocenters. The third-order valence-electron chi connectivity index (χ3n) is 4.57. The second-order valence-electron chi connectivity index (χ2n) is 6.35. The van der Waals surface area contributed by atoms with Crippen LogP contribution < -0.4 is 16.0 Å². The highest BCUT2D eigenvalue weighted by molar-refractivity contribution is 5.83. The Morgan fingerprint density at radius 1 is 1.20 bits per heavy atom. The summed E-state index contributed by atoms with van der Waals surface area (Å²) in [5, 5.41) is 4.64. The normalized spacial score (nSPS) is 17.2. The van der Waals surface area contributed by atoms with Crippen LogP contribution in [-0.2, 0) is 6.54 Å². The summed E-state index contributed by atoms with van der Waals surface area (Å²) in [6, 6.07) is 13.2. The molecule has 0 spiro atoms. The van der Waals surface area contributed by atoms with E-state index in [1.165, 1.54) is 0 Å². The molecular weight excluding hydrogens is 317 g/mol. The van der Waals surface area contributed by atoms with Crippen molar-refractivity contribution in [2.75, 3.05) is 23.3 Å². The van der Waals surface area contributed by atoms with Crippen LogP contribution in [0.15, 0.2) is 48.7 Å². The van der Waals surface area contributed by atoms with Crippen LogP contribution in [0.2, 0.25) is 0 Å². The van der Waals surface area contributed by atoms with E-state index >= 15 is 0 Å². The molecule has 1 fully saturated rings. The molecule has 1 aliphatic rings. The lowest BCUT2D eigenvalue weighted by Gasteiger charge is -2.17. The van der Waals surface area contributed by atoms with Gasteiger partial charge in [0.1, 0.15) is 11.6 Å². The van der Waals surface area contributed by atoms with Gasteiger partial charge in [0.25, 0.3) is 0 Å². The Balaban J connectivity index is 1.51. The molecule has 0 aliphatic carbocycles. The summed E-state index contributed by atoms with van der Waals surface area (Å²) in [6.45, 7) is 2.03. The molecule has 0 radical (unpaired) electrons. The monoisotopic (exact) mass is 337 g/mol. The molecule has 1 unspecified atom stereocenters. The molecule has 5 nitrogen and oxygen atoms in total. The van der Waals surface area contributed by atoms with Crippen LogP contribution in [0.25, 0.3) is 10.8 Å². The van der Waals surface area contributed by atoms with Gasteiger partial charge < -0.3 is 16.0 Å². The van der Waals surface area contributed by atoms with Crippen molar-refractivity contribution in [1.82, 2.24) is 9.97 Å². The maximum atomic E-state index is 14.6. The summed E-state index contributed by atoms with van der Waals surface area (Å²) in [6.07, 6.45) is 2.68. The SMILES string of the molecule is NC1CCN(c2ccnc(NCc3ccc4ccccc4c3F)n2)C1. The Hall–Kier alpha value is -2.73. The van der Waals surface area contributed by atoms with Crippen molar-refractivity contribution in [3.8, 4) is 0 Å². The highest BCUT2D eigenvalue weighted by Crippen LogP contribution is 2.22. The van der Waals surface area contributed by atoms with E-state index in [1.807, 2.05) is 30.3 Å². The van der Waals surface area contributed by atoms with Crippen molar-refractivity contribution < 1.29 is 4.39 Å². The number of hydrogen-bond acceptors (Lipinski definition) is 5. The van der Waals surface area contributed by atoms with Crippen LogP contribution in [0.5, 0.6) is 0 Å². The summed E-state index contributed by atoms with van der Waals surface area (Å²) in [7, 11) is 0. The third kappa shape index (κ3) is 3.25. The fraction of sp³-hybridized carbons (Fsp3) is 0.263. The highest BCUT2D eigenvalue weighted by Gasteiger charge is 2.20. The van der Waals surface area contributed by atoms with Crippen molar-refractivity contribution in [3.63, 3.8) is 0 Å². The first-order chi connectivity index (χ1) is 12.2. The van der Waals surface area contributed by atoms with Gasteiger partial charge in [-0.3, -0.25) is 0 Å². The Morgan fingerprint density at radius 3 is 2.92 bits per heavy atom. The van der Waals surface area contributed by atoms with Gasteiger partial charge in [-0.1, -0.05) is 36.4 Å². The molecule has 0 saturated carbocycles. The molecule has 2 heterocycles. The Bertz CT molecular complexity index is 898.